The van der Waals surface area contributed by atoms with E-state index in [0.29, 0.717) is 6.54 Å². The SMILES string of the molecule is CNC(C)C(=O)NC(C(=O)N1CCC2C1C(c1c[nH]c3cc(F)ccc13)CN2Cc1ccccc1)C(C)O. The minimum atomic E-state index is -1.05. The zero-order valence-electron chi connectivity index (χ0n) is 22.0. The summed E-state index contributed by atoms with van der Waals surface area (Å²) in [6.07, 6.45) is 1.68. The van der Waals surface area contributed by atoms with Gasteiger partial charge in [-0.3, -0.25) is 14.5 Å². The Bertz CT molecular complexity index is 1300. The first-order valence-corrected chi connectivity index (χ1v) is 13.3. The maximum Gasteiger partial charge on any atom is 0.248 e. The van der Waals surface area contributed by atoms with Gasteiger partial charge in [0.25, 0.3) is 0 Å². The van der Waals surface area contributed by atoms with Crippen molar-refractivity contribution in [3.05, 3.63) is 71.7 Å². The van der Waals surface area contributed by atoms with Crippen molar-refractivity contribution in [2.45, 2.75) is 63.0 Å². The van der Waals surface area contributed by atoms with Crippen molar-refractivity contribution in [1.82, 2.24) is 25.4 Å². The number of H-pyrrole nitrogens is 1. The number of likely N-dealkylation sites (tertiary alicyclic amines) is 2. The van der Waals surface area contributed by atoms with Gasteiger partial charge < -0.3 is 25.6 Å². The molecule has 5 rings (SSSR count). The van der Waals surface area contributed by atoms with Crippen molar-refractivity contribution in [3.8, 4) is 0 Å². The second kappa shape index (κ2) is 10.8. The van der Waals surface area contributed by atoms with E-state index in [1.54, 1.807) is 20.0 Å². The first-order valence-electron chi connectivity index (χ1n) is 13.3. The summed E-state index contributed by atoms with van der Waals surface area (Å²) in [5, 5.41) is 17.1. The number of nitrogens with one attached hydrogen (secondary N) is 3. The molecule has 8 nitrogen and oxygen atoms in total. The number of halogens is 1. The zero-order valence-corrected chi connectivity index (χ0v) is 22.0. The van der Waals surface area contributed by atoms with E-state index >= 15 is 0 Å². The molecular formula is C29H36FN5O3. The van der Waals surface area contributed by atoms with E-state index in [1.807, 2.05) is 29.3 Å². The monoisotopic (exact) mass is 521 g/mol. The van der Waals surface area contributed by atoms with Gasteiger partial charge in [-0.05, 0) is 56.6 Å². The highest BCUT2D eigenvalue weighted by molar-refractivity contribution is 5.91. The van der Waals surface area contributed by atoms with Gasteiger partial charge in [-0.15, -0.1) is 0 Å². The van der Waals surface area contributed by atoms with Crippen LogP contribution < -0.4 is 10.6 Å². The lowest BCUT2D eigenvalue weighted by Crippen LogP contribution is -2.58. The van der Waals surface area contributed by atoms with Crippen LogP contribution in [-0.2, 0) is 16.1 Å². The van der Waals surface area contributed by atoms with Crippen molar-refractivity contribution in [2.24, 2.45) is 0 Å². The average molecular weight is 522 g/mol. The van der Waals surface area contributed by atoms with Gasteiger partial charge >= 0.3 is 0 Å². The van der Waals surface area contributed by atoms with Crippen LogP contribution in [0, 0.1) is 5.82 Å². The highest BCUT2D eigenvalue weighted by atomic mass is 19.1. The predicted octanol–water partition coefficient (Wildman–Crippen LogP) is 2.35. The minimum absolute atomic E-state index is 0.0176. The van der Waals surface area contributed by atoms with Crippen LogP contribution in [0.3, 0.4) is 0 Å². The van der Waals surface area contributed by atoms with E-state index in [1.165, 1.54) is 24.6 Å². The summed E-state index contributed by atoms with van der Waals surface area (Å²) < 4.78 is 13.9. The average Bonchev–Trinajstić information content (AvgIpc) is 3.61. The normalized spacial score (nSPS) is 23.8. The number of hydrogen-bond acceptors (Lipinski definition) is 5. The second-order valence-electron chi connectivity index (χ2n) is 10.6. The number of carbonyl (C=O) groups excluding carboxylic acids is 2. The number of aromatic amines is 1. The van der Waals surface area contributed by atoms with Crippen LogP contribution in [0.5, 0.6) is 0 Å². The van der Waals surface area contributed by atoms with Crippen LogP contribution in [0.25, 0.3) is 10.9 Å². The van der Waals surface area contributed by atoms with Crippen LogP contribution in [-0.4, -0.2) is 82.1 Å². The number of aliphatic hydroxyl groups is 1. The van der Waals surface area contributed by atoms with Crippen molar-refractivity contribution in [3.63, 3.8) is 0 Å². The van der Waals surface area contributed by atoms with Crippen LogP contribution in [0.15, 0.2) is 54.7 Å². The maximum atomic E-state index is 13.9. The Morgan fingerprint density at radius 1 is 1.18 bits per heavy atom. The van der Waals surface area contributed by atoms with Gasteiger partial charge in [-0.25, -0.2) is 4.39 Å². The van der Waals surface area contributed by atoms with Crippen LogP contribution in [0.4, 0.5) is 4.39 Å². The highest BCUT2D eigenvalue weighted by Crippen LogP contribution is 2.44. The lowest BCUT2D eigenvalue weighted by atomic mass is 9.91. The molecule has 3 heterocycles. The molecule has 1 aromatic heterocycles. The molecule has 6 unspecified atom stereocenters. The predicted molar refractivity (Wildman–Crippen MR) is 144 cm³/mol. The number of fused-ring (bicyclic) bond motifs is 2. The number of likely N-dealkylation sites (N-methyl/N-ethyl adjacent to an activating group) is 1. The quantitative estimate of drug-likeness (QED) is 0.365. The molecule has 2 aliphatic rings. The molecule has 2 fully saturated rings. The molecule has 0 saturated carbocycles. The lowest BCUT2D eigenvalue weighted by molar-refractivity contribution is -0.140. The summed E-state index contributed by atoms with van der Waals surface area (Å²) >= 11 is 0. The van der Waals surface area contributed by atoms with E-state index in [9.17, 15) is 19.1 Å². The maximum absolute atomic E-state index is 13.9. The summed E-state index contributed by atoms with van der Waals surface area (Å²) in [6, 6.07) is 13.5. The molecule has 2 aliphatic heterocycles. The largest absolute Gasteiger partial charge is 0.391 e. The number of aromatic nitrogens is 1. The third-order valence-electron chi connectivity index (χ3n) is 8.19. The molecule has 4 N–H and O–H groups in total. The number of rotatable bonds is 8. The fourth-order valence-electron chi connectivity index (χ4n) is 6.12. The first kappa shape index (κ1) is 26.3. The number of nitrogens with zero attached hydrogens (tertiary/aromatic N) is 2. The third kappa shape index (κ3) is 4.93. The van der Waals surface area contributed by atoms with Crippen molar-refractivity contribution >= 4 is 22.7 Å². The molecule has 9 heteroatoms. The Morgan fingerprint density at radius 3 is 2.66 bits per heavy atom. The molecule has 38 heavy (non-hydrogen) atoms. The number of hydrogen-bond donors (Lipinski definition) is 4. The van der Waals surface area contributed by atoms with Gasteiger partial charge in [0.05, 0.1) is 18.2 Å². The molecule has 6 atom stereocenters. The molecule has 2 amide bonds. The Hall–Kier alpha value is -3.27. The molecule has 0 bridgehead atoms. The number of benzene rings is 2. The molecule has 2 aromatic carbocycles. The molecule has 0 radical (unpaired) electrons. The van der Waals surface area contributed by atoms with Gasteiger partial charge in [0.1, 0.15) is 11.9 Å². The summed E-state index contributed by atoms with van der Waals surface area (Å²) in [5.74, 6) is -0.933. The minimum Gasteiger partial charge on any atom is -0.391 e. The molecule has 202 valence electrons. The van der Waals surface area contributed by atoms with Crippen molar-refractivity contribution in [2.75, 3.05) is 20.1 Å². The molecule has 3 aromatic rings. The van der Waals surface area contributed by atoms with Crippen molar-refractivity contribution in [1.29, 1.82) is 0 Å². The van der Waals surface area contributed by atoms with Gasteiger partial charge in [0.15, 0.2) is 0 Å². The van der Waals surface area contributed by atoms with Gasteiger partial charge in [0.2, 0.25) is 11.8 Å². The first-order chi connectivity index (χ1) is 18.3. The van der Waals surface area contributed by atoms with E-state index in [4.69, 9.17) is 0 Å². The molecule has 0 spiro atoms. The Labute approximate surface area is 222 Å². The summed E-state index contributed by atoms with van der Waals surface area (Å²) in [5.41, 5.74) is 2.98. The van der Waals surface area contributed by atoms with Crippen LogP contribution >= 0.6 is 0 Å². The Morgan fingerprint density at radius 2 is 1.95 bits per heavy atom. The molecular weight excluding hydrogens is 485 g/mol. The third-order valence-corrected chi connectivity index (χ3v) is 8.19. The number of aliphatic hydroxyl groups excluding tert-OH is 1. The summed E-state index contributed by atoms with van der Waals surface area (Å²) in [7, 11) is 1.67. The topological polar surface area (TPSA) is 101 Å². The number of carbonyl (C=O) groups is 2. The summed E-state index contributed by atoms with van der Waals surface area (Å²) in [6.45, 7) is 5.27. The van der Waals surface area contributed by atoms with Crippen molar-refractivity contribution < 1.29 is 19.1 Å². The Balaban J connectivity index is 1.48. The van der Waals surface area contributed by atoms with Crippen LogP contribution in [0.2, 0.25) is 0 Å². The molecule has 0 aliphatic carbocycles. The standard InChI is InChI=1S/C29H36FN5O3/c1-17(31-3)28(37)33-26(18(2)36)29(38)35-12-11-25-27(35)23(16-34(25)15-19-7-5-4-6-8-19)22-14-32-24-13-20(30)9-10-21(22)24/h4-10,13-14,17-18,23,25-27,31-32,36H,11-12,15-16H2,1-3H3,(H,33,37). The van der Waals surface area contributed by atoms with E-state index in [2.05, 4.69) is 32.7 Å². The van der Waals surface area contributed by atoms with Gasteiger partial charge in [-0.2, -0.15) is 0 Å². The smallest absolute Gasteiger partial charge is 0.248 e. The highest BCUT2D eigenvalue weighted by Gasteiger charge is 2.52. The molecule has 2 saturated heterocycles. The second-order valence-corrected chi connectivity index (χ2v) is 10.6. The van der Waals surface area contributed by atoms with Crippen LogP contribution in [0.1, 0.15) is 37.3 Å². The van der Waals surface area contributed by atoms with E-state index in [-0.39, 0.29) is 35.6 Å². The Kier molecular flexibility index (Phi) is 7.52. The van der Waals surface area contributed by atoms with E-state index in [0.717, 1.165) is 36.0 Å². The van der Waals surface area contributed by atoms with Gasteiger partial charge in [0, 0.05) is 48.7 Å². The fraction of sp³-hybridized carbons (Fsp3) is 0.448. The van der Waals surface area contributed by atoms with Gasteiger partial charge in [-0.1, -0.05) is 30.3 Å². The number of amides is 2. The van der Waals surface area contributed by atoms with E-state index < -0.39 is 18.2 Å². The lowest BCUT2D eigenvalue weighted by Gasteiger charge is -2.33. The fourth-order valence-corrected chi connectivity index (χ4v) is 6.12. The summed E-state index contributed by atoms with van der Waals surface area (Å²) in [4.78, 5) is 34.0. The zero-order chi connectivity index (χ0) is 27.0.